The molecule has 2 aromatic carbocycles. The van der Waals surface area contributed by atoms with E-state index in [2.05, 4.69) is 14.1 Å². The van der Waals surface area contributed by atoms with E-state index in [1.165, 1.54) is 12.1 Å². The zero-order chi connectivity index (χ0) is 21.0. The molecule has 1 N–H and O–H groups in total. The van der Waals surface area contributed by atoms with Crippen molar-refractivity contribution in [3.05, 3.63) is 70.8 Å². The molecule has 29 heavy (non-hydrogen) atoms. The molecule has 0 aromatic heterocycles. The Morgan fingerprint density at radius 3 is 1.69 bits per heavy atom. The second-order valence-electron chi connectivity index (χ2n) is 9.17. The molecular formula is C23H26F4NO+. The van der Waals surface area contributed by atoms with Crippen molar-refractivity contribution in [3.8, 4) is 0 Å². The number of rotatable bonds is 4. The summed E-state index contributed by atoms with van der Waals surface area (Å²) in [5.41, 5.74) is -1.44. The summed E-state index contributed by atoms with van der Waals surface area (Å²) in [6.45, 7) is 0. The number of piperidine rings is 1. The van der Waals surface area contributed by atoms with Crippen LogP contribution in [0.15, 0.2) is 36.4 Å². The first-order valence-corrected chi connectivity index (χ1v) is 10.1. The van der Waals surface area contributed by atoms with E-state index in [4.69, 9.17) is 0 Å². The predicted octanol–water partition coefficient (Wildman–Crippen LogP) is 4.89. The molecule has 2 atom stereocenters. The van der Waals surface area contributed by atoms with Gasteiger partial charge in [0.05, 0.1) is 26.2 Å². The molecule has 0 unspecified atom stereocenters. The number of hydrogen-bond acceptors (Lipinski definition) is 1. The third-order valence-electron chi connectivity index (χ3n) is 7.30. The van der Waals surface area contributed by atoms with Crippen molar-refractivity contribution in [2.45, 2.75) is 49.8 Å². The summed E-state index contributed by atoms with van der Waals surface area (Å²) >= 11 is 0. The fourth-order valence-electron chi connectivity index (χ4n) is 5.49. The average molecular weight is 408 g/mol. The molecule has 2 bridgehead atoms. The Labute approximate surface area is 168 Å². The number of halogens is 4. The normalized spacial score (nSPS) is 26.0. The first-order chi connectivity index (χ1) is 13.6. The maximum absolute atomic E-state index is 14.0. The topological polar surface area (TPSA) is 20.2 Å². The molecule has 2 fully saturated rings. The molecule has 6 heteroatoms. The second-order valence-corrected chi connectivity index (χ2v) is 9.17. The lowest BCUT2D eigenvalue weighted by Crippen LogP contribution is -2.55. The average Bonchev–Trinajstić information content (AvgIpc) is 2.83. The van der Waals surface area contributed by atoms with Crippen LogP contribution in [-0.2, 0) is 5.60 Å². The van der Waals surface area contributed by atoms with Crippen molar-refractivity contribution in [2.75, 3.05) is 14.1 Å². The number of quaternary nitrogens is 1. The lowest BCUT2D eigenvalue weighted by Gasteiger charge is -2.46. The minimum atomic E-state index is -1.73. The first-order valence-electron chi connectivity index (χ1n) is 10.1. The van der Waals surface area contributed by atoms with Crippen molar-refractivity contribution in [2.24, 2.45) is 5.92 Å². The number of hydrogen-bond donors (Lipinski definition) is 1. The molecule has 0 spiro atoms. The van der Waals surface area contributed by atoms with E-state index < -0.39 is 28.9 Å². The van der Waals surface area contributed by atoms with Gasteiger partial charge in [0, 0.05) is 25.7 Å². The van der Waals surface area contributed by atoms with Crippen LogP contribution in [-0.4, -0.2) is 35.8 Å². The van der Waals surface area contributed by atoms with Gasteiger partial charge in [-0.1, -0.05) is 12.1 Å². The molecular weight excluding hydrogens is 382 g/mol. The Morgan fingerprint density at radius 2 is 1.28 bits per heavy atom. The van der Waals surface area contributed by atoms with Gasteiger partial charge in [-0.3, -0.25) is 0 Å². The molecule has 0 aliphatic carbocycles. The van der Waals surface area contributed by atoms with Crippen LogP contribution in [0.1, 0.15) is 43.2 Å². The van der Waals surface area contributed by atoms with Crippen molar-refractivity contribution in [1.82, 2.24) is 0 Å². The number of fused-ring (bicyclic) bond motifs is 2. The van der Waals surface area contributed by atoms with Gasteiger partial charge in [-0.2, -0.15) is 0 Å². The van der Waals surface area contributed by atoms with Gasteiger partial charge in [-0.25, -0.2) is 17.6 Å². The van der Waals surface area contributed by atoms with Gasteiger partial charge in [0.15, 0.2) is 23.3 Å². The van der Waals surface area contributed by atoms with Crippen molar-refractivity contribution in [1.29, 1.82) is 0 Å². The Morgan fingerprint density at radius 1 is 0.828 bits per heavy atom. The van der Waals surface area contributed by atoms with Gasteiger partial charge < -0.3 is 9.59 Å². The second kappa shape index (κ2) is 7.10. The van der Waals surface area contributed by atoms with Gasteiger partial charge in [0.2, 0.25) is 0 Å². The molecule has 2 saturated heterocycles. The maximum Gasteiger partial charge on any atom is 0.159 e. The van der Waals surface area contributed by atoms with Crippen molar-refractivity contribution < 1.29 is 27.2 Å². The number of aliphatic hydroxyl groups is 1. The fourth-order valence-corrected chi connectivity index (χ4v) is 5.49. The summed E-state index contributed by atoms with van der Waals surface area (Å²) in [5, 5.41) is 11.7. The Hall–Kier alpha value is -1.92. The van der Waals surface area contributed by atoms with E-state index in [0.717, 1.165) is 54.4 Å². The standard InChI is InChI=1S/C23H26F4NO/c1-28(2)17-5-6-18(28)10-14(9-17)13-23(29,15-3-7-19(24)21(26)11-15)16-4-8-20(25)22(27)12-16/h3-4,7-8,11-12,14,17-18,29H,5-6,9-10,13H2,1-2H3/q+1/t17-,18-/m0/s1. The summed E-state index contributed by atoms with van der Waals surface area (Å²) in [7, 11) is 4.46. The monoisotopic (exact) mass is 408 g/mol. The van der Waals surface area contributed by atoms with Crippen LogP contribution in [0.5, 0.6) is 0 Å². The highest BCUT2D eigenvalue weighted by Gasteiger charge is 2.50. The lowest BCUT2D eigenvalue weighted by molar-refractivity contribution is -0.931. The zero-order valence-electron chi connectivity index (χ0n) is 16.6. The molecule has 2 aliphatic heterocycles. The van der Waals surface area contributed by atoms with E-state index in [0.29, 0.717) is 12.1 Å². The van der Waals surface area contributed by atoms with E-state index in [9.17, 15) is 22.7 Å². The summed E-state index contributed by atoms with van der Waals surface area (Å²) in [6, 6.07) is 7.42. The number of nitrogens with zero attached hydrogens (tertiary/aromatic N) is 1. The third kappa shape index (κ3) is 3.46. The molecule has 156 valence electrons. The van der Waals surface area contributed by atoms with Crippen molar-refractivity contribution >= 4 is 0 Å². The van der Waals surface area contributed by atoms with Gasteiger partial charge in [-0.05, 0) is 47.7 Å². The minimum Gasteiger partial charge on any atom is -0.380 e. The van der Waals surface area contributed by atoms with Crippen LogP contribution < -0.4 is 0 Å². The van der Waals surface area contributed by atoms with Gasteiger partial charge in [0.25, 0.3) is 0 Å². The highest BCUT2D eigenvalue weighted by Crippen LogP contribution is 2.47. The van der Waals surface area contributed by atoms with Gasteiger partial charge in [-0.15, -0.1) is 0 Å². The largest absolute Gasteiger partial charge is 0.380 e. The van der Waals surface area contributed by atoms with Crippen LogP contribution >= 0.6 is 0 Å². The molecule has 4 rings (SSSR count). The Bertz CT molecular complexity index is 862. The lowest BCUT2D eigenvalue weighted by atomic mass is 9.75. The maximum atomic E-state index is 14.0. The fraction of sp³-hybridized carbons (Fsp3) is 0.478. The first kappa shape index (κ1) is 20.4. The highest BCUT2D eigenvalue weighted by atomic mass is 19.2. The minimum absolute atomic E-state index is 0.143. The predicted molar refractivity (Wildman–Crippen MR) is 102 cm³/mol. The number of benzene rings is 2. The van der Waals surface area contributed by atoms with Crippen LogP contribution in [0.25, 0.3) is 0 Å². The van der Waals surface area contributed by atoms with Crippen LogP contribution in [0.4, 0.5) is 17.6 Å². The molecule has 2 nitrogen and oxygen atoms in total. The van der Waals surface area contributed by atoms with Crippen LogP contribution in [0.2, 0.25) is 0 Å². The summed E-state index contributed by atoms with van der Waals surface area (Å²) < 4.78 is 55.9. The van der Waals surface area contributed by atoms with Gasteiger partial charge >= 0.3 is 0 Å². The Kier molecular flexibility index (Phi) is 4.98. The summed E-state index contributed by atoms with van der Waals surface area (Å²) in [5.74, 6) is -4.05. The van der Waals surface area contributed by atoms with Crippen LogP contribution in [0.3, 0.4) is 0 Å². The SMILES string of the molecule is C[N+]1(C)[C@H]2CC[C@H]1CC(CC(O)(c1ccc(F)c(F)c1)c1ccc(F)c(F)c1)C2. The van der Waals surface area contributed by atoms with E-state index >= 15 is 0 Å². The van der Waals surface area contributed by atoms with E-state index in [-0.39, 0.29) is 23.5 Å². The van der Waals surface area contributed by atoms with E-state index in [1.807, 2.05) is 0 Å². The summed E-state index contributed by atoms with van der Waals surface area (Å²) in [6.07, 6.45) is 4.31. The van der Waals surface area contributed by atoms with E-state index in [1.54, 1.807) is 0 Å². The molecule has 2 aromatic rings. The molecule has 2 heterocycles. The molecule has 2 aliphatic rings. The zero-order valence-corrected chi connectivity index (χ0v) is 16.6. The molecule has 0 radical (unpaired) electrons. The quantitative estimate of drug-likeness (QED) is 0.564. The van der Waals surface area contributed by atoms with Crippen LogP contribution in [0, 0.1) is 29.2 Å². The highest BCUT2D eigenvalue weighted by molar-refractivity contribution is 5.37. The summed E-state index contributed by atoms with van der Waals surface area (Å²) in [4.78, 5) is 0. The Balaban J connectivity index is 1.72. The molecule has 0 amide bonds. The third-order valence-corrected chi connectivity index (χ3v) is 7.30. The van der Waals surface area contributed by atoms with Crippen molar-refractivity contribution in [3.63, 3.8) is 0 Å². The van der Waals surface area contributed by atoms with Gasteiger partial charge in [0.1, 0.15) is 5.60 Å². The molecule has 0 saturated carbocycles. The smallest absolute Gasteiger partial charge is 0.159 e.